The summed E-state index contributed by atoms with van der Waals surface area (Å²) >= 11 is 0. The fourth-order valence-electron chi connectivity index (χ4n) is 3.86. The van der Waals surface area contributed by atoms with E-state index in [1.165, 1.54) is 6.26 Å². The molecule has 0 bridgehead atoms. The molecule has 5 nitrogen and oxygen atoms in total. The van der Waals surface area contributed by atoms with Gasteiger partial charge in [0.15, 0.2) is 9.84 Å². The molecule has 1 aliphatic heterocycles. The summed E-state index contributed by atoms with van der Waals surface area (Å²) in [6, 6.07) is 15.2. The first-order valence-electron chi connectivity index (χ1n) is 9.21. The minimum atomic E-state index is -3.23. The molecule has 0 saturated carbocycles. The fourth-order valence-corrected chi connectivity index (χ4v) is 4.49. The molecule has 146 valence electrons. The molecule has 1 heterocycles. The Kier molecular flexibility index (Phi) is 5.60. The van der Waals surface area contributed by atoms with Crippen LogP contribution in [-0.2, 0) is 9.84 Å². The zero-order valence-corrected chi connectivity index (χ0v) is 17.1. The van der Waals surface area contributed by atoms with Crippen LogP contribution in [0.5, 0.6) is 5.75 Å². The summed E-state index contributed by atoms with van der Waals surface area (Å²) in [7, 11) is -1.08. The summed E-state index contributed by atoms with van der Waals surface area (Å²) in [5.41, 5.74) is 2.03. The maximum Gasteiger partial charge on any atom is 0.175 e. The number of hydrogen-bond donors (Lipinski definition) is 1. The van der Waals surface area contributed by atoms with Crippen molar-refractivity contribution in [1.29, 1.82) is 0 Å². The van der Waals surface area contributed by atoms with Crippen LogP contribution < -0.4 is 0 Å². The molecule has 0 aliphatic carbocycles. The average Bonchev–Trinajstić information content (AvgIpc) is 2.59. The third-order valence-corrected chi connectivity index (χ3v) is 6.69. The summed E-state index contributed by atoms with van der Waals surface area (Å²) in [5, 5.41) is 10.00. The van der Waals surface area contributed by atoms with Crippen LogP contribution in [0.4, 0.5) is 0 Å². The van der Waals surface area contributed by atoms with E-state index in [9.17, 15) is 13.5 Å². The predicted molar refractivity (Wildman–Crippen MR) is 108 cm³/mol. The second kappa shape index (κ2) is 7.62. The van der Waals surface area contributed by atoms with Gasteiger partial charge in [-0.1, -0.05) is 24.3 Å². The van der Waals surface area contributed by atoms with Crippen molar-refractivity contribution in [3.63, 3.8) is 0 Å². The normalized spacial score (nSPS) is 23.3. The molecule has 0 radical (unpaired) electrons. The minimum absolute atomic E-state index is 0.0377. The molecule has 0 aromatic heterocycles. The van der Waals surface area contributed by atoms with Crippen LogP contribution in [0, 0.1) is 0 Å². The van der Waals surface area contributed by atoms with Gasteiger partial charge in [-0.05, 0) is 56.3 Å². The SMILES string of the molecule is C[C@@H]1CN(C(c2ccc(S(C)(=O)=O)cc2)c2cccc(O)c2)C[C@@H](C)N1C. The van der Waals surface area contributed by atoms with Crippen LogP contribution >= 0.6 is 0 Å². The molecular formula is C21H28N2O3S. The zero-order chi connectivity index (χ0) is 19.8. The Morgan fingerprint density at radius 1 is 1.00 bits per heavy atom. The minimum Gasteiger partial charge on any atom is -0.508 e. The first kappa shape index (κ1) is 19.9. The second-order valence-electron chi connectivity index (χ2n) is 7.66. The molecule has 1 unspecified atom stereocenters. The van der Waals surface area contributed by atoms with Gasteiger partial charge in [-0.15, -0.1) is 0 Å². The van der Waals surface area contributed by atoms with E-state index in [-0.39, 0.29) is 11.8 Å². The van der Waals surface area contributed by atoms with Crippen LogP contribution in [-0.4, -0.2) is 61.8 Å². The van der Waals surface area contributed by atoms with E-state index < -0.39 is 9.84 Å². The van der Waals surface area contributed by atoms with Gasteiger partial charge in [-0.3, -0.25) is 9.80 Å². The third kappa shape index (κ3) is 4.34. The van der Waals surface area contributed by atoms with Gasteiger partial charge in [0.25, 0.3) is 0 Å². The molecule has 27 heavy (non-hydrogen) atoms. The average molecular weight is 389 g/mol. The summed E-state index contributed by atoms with van der Waals surface area (Å²) in [5.74, 6) is 0.237. The zero-order valence-electron chi connectivity index (χ0n) is 16.3. The Bertz CT molecular complexity index is 884. The Hall–Kier alpha value is -1.89. The standard InChI is InChI=1S/C21H28N2O3S/c1-15-13-23(14-16(2)22(15)3)21(18-6-5-7-19(24)12-18)17-8-10-20(11-9-17)27(4,25)26/h5-12,15-16,21,24H,13-14H2,1-4H3/t15-,16-,21?/m1/s1. The molecule has 2 aromatic carbocycles. The lowest BCUT2D eigenvalue weighted by Crippen LogP contribution is -2.55. The molecule has 1 fully saturated rings. The van der Waals surface area contributed by atoms with Crippen molar-refractivity contribution in [2.24, 2.45) is 0 Å². The molecule has 2 aromatic rings. The molecule has 3 rings (SSSR count). The summed E-state index contributed by atoms with van der Waals surface area (Å²) in [6.07, 6.45) is 1.22. The van der Waals surface area contributed by atoms with E-state index in [0.29, 0.717) is 17.0 Å². The van der Waals surface area contributed by atoms with Crippen molar-refractivity contribution >= 4 is 9.84 Å². The van der Waals surface area contributed by atoms with Gasteiger partial charge in [-0.2, -0.15) is 0 Å². The van der Waals surface area contributed by atoms with Gasteiger partial charge >= 0.3 is 0 Å². The molecule has 1 aliphatic rings. The van der Waals surface area contributed by atoms with Crippen molar-refractivity contribution in [3.05, 3.63) is 59.7 Å². The van der Waals surface area contributed by atoms with E-state index >= 15 is 0 Å². The number of rotatable bonds is 4. The molecule has 1 N–H and O–H groups in total. The van der Waals surface area contributed by atoms with Crippen molar-refractivity contribution in [2.75, 3.05) is 26.4 Å². The molecule has 0 spiro atoms. The summed E-state index contributed by atoms with van der Waals surface area (Å²) in [4.78, 5) is 5.11. The van der Waals surface area contributed by atoms with Crippen LogP contribution in [0.2, 0.25) is 0 Å². The highest BCUT2D eigenvalue weighted by molar-refractivity contribution is 7.90. The van der Waals surface area contributed by atoms with Crippen LogP contribution in [0.3, 0.4) is 0 Å². The molecular weight excluding hydrogens is 360 g/mol. The topological polar surface area (TPSA) is 60.9 Å². The first-order valence-corrected chi connectivity index (χ1v) is 11.1. The number of phenols is 1. The van der Waals surface area contributed by atoms with Gasteiger partial charge in [0.05, 0.1) is 10.9 Å². The van der Waals surface area contributed by atoms with Crippen LogP contribution in [0.25, 0.3) is 0 Å². The van der Waals surface area contributed by atoms with E-state index in [1.807, 2.05) is 24.3 Å². The van der Waals surface area contributed by atoms with Crippen LogP contribution in [0.1, 0.15) is 31.0 Å². The Morgan fingerprint density at radius 3 is 2.11 bits per heavy atom. The monoisotopic (exact) mass is 388 g/mol. The van der Waals surface area contributed by atoms with Crippen molar-refractivity contribution in [2.45, 2.75) is 36.9 Å². The van der Waals surface area contributed by atoms with Gasteiger partial charge in [0.1, 0.15) is 5.75 Å². The van der Waals surface area contributed by atoms with E-state index in [4.69, 9.17) is 0 Å². The highest BCUT2D eigenvalue weighted by Crippen LogP contribution is 2.33. The Morgan fingerprint density at radius 2 is 1.59 bits per heavy atom. The second-order valence-corrected chi connectivity index (χ2v) is 9.67. The predicted octanol–water partition coefficient (Wildman–Crippen LogP) is 2.91. The number of piperazine rings is 1. The molecule has 6 heteroatoms. The lowest BCUT2D eigenvalue weighted by molar-refractivity contribution is 0.0427. The maximum atomic E-state index is 11.8. The van der Waals surface area contributed by atoms with E-state index in [2.05, 4.69) is 30.7 Å². The molecule has 3 atom stereocenters. The lowest BCUT2D eigenvalue weighted by Gasteiger charge is -2.46. The van der Waals surface area contributed by atoms with Crippen LogP contribution in [0.15, 0.2) is 53.4 Å². The number of likely N-dealkylation sites (N-methyl/N-ethyl adjacent to an activating group) is 1. The van der Waals surface area contributed by atoms with Gasteiger partial charge in [-0.25, -0.2) is 8.42 Å². The largest absolute Gasteiger partial charge is 0.508 e. The summed E-state index contributed by atoms with van der Waals surface area (Å²) in [6.45, 7) is 6.23. The number of aromatic hydroxyl groups is 1. The highest BCUT2D eigenvalue weighted by Gasteiger charge is 2.32. The lowest BCUT2D eigenvalue weighted by atomic mass is 9.94. The Balaban J connectivity index is 2.03. The maximum absolute atomic E-state index is 11.8. The Labute approximate surface area is 162 Å². The van der Waals surface area contributed by atoms with Gasteiger partial charge < -0.3 is 5.11 Å². The number of benzene rings is 2. The first-order chi connectivity index (χ1) is 12.7. The third-order valence-electron chi connectivity index (χ3n) is 5.56. The number of sulfone groups is 1. The molecule has 0 amide bonds. The number of phenolic OH excluding ortho intramolecular Hbond substituents is 1. The quantitative estimate of drug-likeness (QED) is 0.873. The van der Waals surface area contributed by atoms with Crippen molar-refractivity contribution in [3.8, 4) is 5.75 Å². The number of nitrogens with zero attached hydrogens (tertiary/aromatic N) is 2. The van der Waals surface area contributed by atoms with E-state index in [1.54, 1.807) is 24.3 Å². The summed E-state index contributed by atoms with van der Waals surface area (Å²) < 4.78 is 23.6. The van der Waals surface area contributed by atoms with Gasteiger partial charge in [0, 0.05) is 31.4 Å². The molecule has 1 saturated heterocycles. The highest BCUT2D eigenvalue weighted by atomic mass is 32.2. The smallest absolute Gasteiger partial charge is 0.175 e. The van der Waals surface area contributed by atoms with E-state index in [0.717, 1.165) is 24.2 Å². The van der Waals surface area contributed by atoms with Gasteiger partial charge in [0.2, 0.25) is 0 Å². The van der Waals surface area contributed by atoms with Crippen molar-refractivity contribution < 1.29 is 13.5 Å². The van der Waals surface area contributed by atoms with Crippen molar-refractivity contribution in [1.82, 2.24) is 9.80 Å². The number of hydrogen-bond acceptors (Lipinski definition) is 5. The fraction of sp³-hybridized carbons (Fsp3) is 0.429.